The number of hydrogen-bond acceptors (Lipinski definition) is 4. The molecule has 0 saturated carbocycles. The van der Waals surface area contributed by atoms with E-state index < -0.39 is 0 Å². The average molecular weight is 429 g/mol. The highest BCUT2D eigenvalue weighted by Crippen LogP contribution is 2.35. The van der Waals surface area contributed by atoms with Crippen molar-refractivity contribution in [2.75, 3.05) is 11.9 Å². The predicted molar refractivity (Wildman–Crippen MR) is 132 cm³/mol. The number of pyridine rings is 2. The molecule has 0 unspecified atom stereocenters. The molecule has 3 aromatic heterocycles. The number of benzene rings is 1. The Morgan fingerprint density at radius 3 is 2.53 bits per heavy atom. The van der Waals surface area contributed by atoms with Crippen molar-refractivity contribution in [3.63, 3.8) is 0 Å². The highest BCUT2D eigenvalue weighted by molar-refractivity contribution is 5.93. The zero-order valence-corrected chi connectivity index (χ0v) is 19.6. The lowest BCUT2D eigenvalue weighted by Gasteiger charge is -2.18. The van der Waals surface area contributed by atoms with E-state index in [9.17, 15) is 0 Å². The number of ether oxygens (including phenoxy) is 1. The van der Waals surface area contributed by atoms with Gasteiger partial charge in [-0.25, -0.2) is 9.97 Å². The van der Waals surface area contributed by atoms with Crippen molar-refractivity contribution in [1.82, 2.24) is 14.5 Å². The molecule has 0 aliphatic rings. The summed E-state index contributed by atoms with van der Waals surface area (Å²) in [5.41, 5.74) is 8.79. The van der Waals surface area contributed by atoms with Crippen molar-refractivity contribution < 1.29 is 4.74 Å². The Morgan fingerprint density at radius 1 is 1.06 bits per heavy atom. The quantitative estimate of drug-likeness (QED) is 0.345. The highest BCUT2D eigenvalue weighted by atomic mass is 16.5. The molecule has 0 fully saturated rings. The molecule has 5 nitrogen and oxygen atoms in total. The van der Waals surface area contributed by atoms with Crippen LogP contribution in [0, 0.1) is 6.92 Å². The molecule has 0 aliphatic heterocycles. The van der Waals surface area contributed by atoms with Gasteiger partial charge in [-0.15, -0.1) is 0 Å². The summed E-state index contributed by atoms with van der Waals surface area (Å²) in [5.74, 6) is 0.616. The Bertz CT molecular complexity index is 1210. The second-order valence-corrected chi connectivity index (χ2v) is 8.37. The lowest BCUT2D eigenvalue weighted by atomic mass is 10.1. The molecule has 0 saturated heterocycles. The number of aryl methyl sites for hydroxylation is 2. The molecule has 0 amide bonds. The van der Waals surface area contributed by atoms with E-state index in [0.717, 1.165) is 40.9 Å². The van der Waals surface area contributed by atoms with Gasteiger partial charge in [0, 0.05) is 24.5 Å². The normalized spacial score (nSPS) is 11.3. The Kier molecular flexibility index (Phi) is 6.45. The van der Waals surface area contributed by atoms with E-state index in [0.29, 0.717) is 18.5 Å². The minimum Gasteiger partial charge on any atom is -0.477 e. The average Bonchev–Trinajstić information content (AvgIpc) is 3.18. The maximum Gasteiger partial charge on any atom is 0.222 e. The molecule has 0 atom stereocenters. The first-order valence-electron chi connectivity index (χ1n) is 11.4. The van der Waals surface area contributed by atoms with Crippen LogP contribution >= 0.6 is 0 Å². The summed E-state index contributed by atoms with van der Waals surface area (Å²) in [5, 5.41) is 3.70. The van der Waals surface area contributed by atoms with E-state index >= 15 is 0 Å². The van der Waals surface area contributed by atoms with Crippen molar-refractivity contribution in [3.05, 3.63) is 71.5 Å². The third-order valence-corrected chi connectivity index (χ3v) is 5.68. The van der Waals surface area contributed by atoms with Gasteiger partial charge in [0.15, 0.2) is 0 Å². The molecule has 0 spiro atoms. The SMILES string of the molecule is CCOc1ncccc1-c1cc(NCc2ccc(C)cc2)c2c(cc(CC)n2C(C)C)n1. The summed E-state index contributed by atoms with van der Waals surface area (Å²) in [6.45, 7) is 12.0. The van der Waals surface area contributed by atoms with E-state index in [4.69, 9.17) is 9.72 Å². The fourth-order valence-corrected chi connectivity index (χ4v) is 4.16. The van der Waals surface area contributed by atoms with Crippen molar-refractivity contribution in [1.29, 1.82) is 0 Å². The minimum absolute atomic E-state index is 0.340. The van der Waals surface area contributed by atoms with Crippen LogP contribution in [0.25, 0.3) is 22.3 Å². The van der Waals surface area contributed by atoms with E-state index in [1.165, 1.54) is 16.8 Å². The largest absolute Gasteiger partial charge is 0.477 e. The molecule has 4 rings (SSSR count). The van der Waals surface area contributed by atoms with Gasteiger partial charge in [-0.3, -0.25) is 0 Å². The topological polar surface area (TPSA) is 52.0 Å². The number of rotatable bonds is 8. The molecule has 32 heavy (non-hydrogen) atoms. The molecular formula is C27H32N4O. The van der Waals surface area contributed by atoms with Crippen molar-refractivity contribution in [3.8, 4) is 17.1 Å². The van der Waals surface area contributed by atoms with E-state index in [1.54, 1.807) is 6.20 Å². The zero-order valence-electron chi connectivity index (χ0n) is 19.6. The van der Waals surface area contributed by atoms with Gasteiger partial charge in [-0.1, -0.05) is 36.8 Å². The maximum atomic E-state index is 5.80. The van der Waals surface area contributed by atoms with Gasteiger partial charge in [-0.05, 0) is 63.9 Å². The number of hydrogen-bond donors (Lipinski definition) is 1. The lowest BCUT2D eigenvalue weighted by molar-refractivity contribution is 0.328. The van der Waals surface area contributed by atoms with Gasteiger partial charge in [0.25, 0.3) is 0 Å². The van der Waals surface area contributed by atoms with Crippen LogP contribution in [-0.4, -0.2) is 21.1 Å². The van der Waals surface area contributed by atoms with E-state index in [2.05, 4.69) is 79.0 Å². The first kappa shape index (κ1) is 21.9. The number of fused-ring (bicyclic) bond motifs is 1. The van der Waals surface area contributed by atoms with Gasteiger partial charge in [0.05, 0.1) is 34.6 Å². The first-order valence-corrected chi connectivity index (χ1v) is 11.4. The molecule has 4 aromatic rings. The third-order valence-electron chi connectivity index (χ3n) is 5.68. The van der Waals surface area contributed by atoms with Crippen LogP contribution in [-0.2, 0) is 13.0 Å². The second-order valence-electron chi connectivity index (χ2n) is 8.37. The van der Waals surface area contributed by atoms with Gasteiger partial charge in [-0.2, -0.15) is 0 Å². The minimum atomic E-state index is 0.340. The van der Waals surface area contributed by atoms with Gasteiger partial charge in [0.1, 0.15) is 0 Å². The molecule has 0 aliphatic carbocycles. The smallest absolute Gasteiger partial charge is 0.222 e. The Morgan fingerprint density at radius 2 is 1.84 bits per heavy atom. The summed E-state index contributed by atoms with van der Waals surface area (Å²) >= 11 is 0. The van der Waals surface area contributed by atoms with Gasteiger partial charge >= 0.3 is 0 Å². The fraction of sp³-hybridized carbons (Fsp3) is 0.333. The molecule has 166 valence electrons. The highest BCUT2D eigenvalue weighted by Gasteiger charge is 2.18. The van der Waals surface area contributed by atoms with Crippen LogP contribution in [0.3, 0.4) is 0 Å². The van der Waals surface area contributed by atoms with Crippen LogP contribution < -0.4 is 10.1 Å². The molecule has 3 heterocycles. The zero-order chi connectivity index (χ0) is 22.7. The van der Waals surface area contributed by atoms with E-state index in [-0.39, 0.29) is 0 Å². The van der Waals surface area contributed by atoms with Gasteiger partial charge in [0.2, 0.25) is 5.88 Å². The molecule has 5 heteroatoms. The molecule has 1 aromatic carbocycles. The van der Waals surface area contributed by atoms with Crippen LogP contribution in [0.1, 0.15) is 50.6 Å². The number of aromatic nitrogens is 3. The van der Waals surface area contributed by atoms with Crippen LogP contribution in [0.4, 0.5) is 5.69 Å². The second kappa shape index (κ2) is 9.43. The summed E-state index contributed by atoms with van der Waals surface area (Å²) in [7, 11) is 0. The van der Waals surface area contributed by atoms with E-state index in [1.807, 2.05) is 19.1 Å². The Balaban J connectivity index is 1.86. The number of anilines is 1. The maximum absolute atomic E-state index is 5.80. The molecule has 1 N–H and O–H groups in total. The summed E-state index contributed by atoms with van der Waals surface area (Å²) in [6.07, 6.45) is 2.71. The summed E-state index contributed by atoms with van der Waals surface area (Å²) < 4.78 is 8.19. The summed E-state index contributed by atoms with van der Waals surface area (Å²) in [4.78, 5) is 9.48. The monoisotopic (exact) mass is 428 g/mol. The van der Waals surface area contributed by atoms with Crippen LogP contribution in [0.5, 0.6) is 5.88 Å². The van der Waals surface area contributed by atoms with Crippen molar-refractivity contribution in [2.24, 2.45) is 0 Å². The Hall–Kier alpha value is -3.34. The molecular weight excluding hydrogens is 396 g/mol. The number of nitrogens with zero attached hydrogens (tertiary/aromatic N) is 3. The van der Waals surface area contributed by atoms with Crippen LogP contribution in [0.2, 0.25) is 0 Å². The molecule has 0 radical (unpaired) electrons. The van der Waals surface area contributed by atoms with Crippen LogP contribution in [0.15, 0.2) is 54.7 Å². The number of nitrogens with one attached hydrogen (secondary N) is 1. The summed E-state index contributed by atoms with van der Waals surface area (Å²) in [6, 6.07) is 17.3. The first-order chi connectivity index (χ1) is 15.5. The molecule has 0 bridgehead atoms. The third kappa shape index (κ3) is 4.33. The fourth-order valence-electron chi connectivity index (χ4n) is 4.16. The van der Waals surface area contributed by atoms with Crippen molar-refractivity contribution in [2.45, 2.75) is 53.6 Å². The predicted octanol–water partition coefficient (Wildman–Crippen LogP) is 6.56. The standard InChI is InChI=1S/C27H32N4O/c1-6-21-15-25-26(31(21)18(3)4)24(29-17-20-12-10-19(5)11-13-20)16-23(30-25)22-9-8-14-28-27(22)32-7-2/h8-16,18H,6-7,17H2,1-5H3,(H,29,30). The lowest BCUT2D eigenvalue weighted by Crippen LogP contribution is -2.08. The van der Waals surface area contributed by atoms with Crippen molar-refractivity contribution >= 4 is 16.7 Å². The Labute approximate surface area is 190 Å². The van der Waals surface area contributed by atoms with Gasteiger partial charge < -0.3 is 14.6 Å².